The highest BCUT2D eigenvalue weighted by molar-refractivity contribution is 14.1. The van der Waals surface area contributed by atoms with Gasteiger partial charge >= 0.3 is 0 Å². The van der Waals surface area contributed by atoms with Gasteiger partial charge in [-0.2, -0.15) is 0 Å². The van der Waals surface area contributed by atoms with Crippen LogP contribution in [0, 0.1) is 15.3 Å². The maximum absolute atomic E-state index is 13.4. The second kappa shape index (κ2) is 9.35. The average Bonchev–Trinajstić information content (AvgIpc) is 2.77. The minimum Gasteiger partial charge on any atom is -0.492 e. The first-order valence-electron chi connectivity index (χ1n) is 9.47. The molecular weight excluding hydrogens is 559 g/mol. The van der Waals surface area contributed by atoms with Gasteiger partial charge in [0, 0.05) is 3.57 Å². The SMILES string of the molecule is Cc1ccc(-n2c(O)c(N=Nc3ccccc3Cl)c(=O)n(-c3ccc(I)cc3)c2=S)cc1. The second-order valence-corrected chi connectivity index (χ2v) is 8.91. The zero-order valence-corrected chi connectivity index (χ0v) is 20.5. The number of hydrogen-bond donors (Lipinski definition) is 1. The van der Waals surface area contributed by atoms with E-state index in [0.29, 0.717) is 22.1 Å². The lowest BCUT2D eigenvalue weighted by Crippen LogP contribution is -2.23. The van der Waals surface area contributed by atoms with Crippen LogP contribution in [0.4, 0.5) is 11.4 Å². The molecular formula is C23H16ClIN4O2S. The van der Waals surface area contributed by atoms with E-state index in [0.717, 1.165) is 9.13 Å². The molecule has 9 heteroatoms. The molecule has 0 saturated carbocycles. The third-order valence-electron chi connectivity index (χ3n) is 4.70. The molecule has 0 aliphatic heterocycles. The van der Waals surface area contributed by atoms with Gasteiger partial charge in [-0.25, -0.2) is 0 Å². The normalized spacial score (nSPS) is 11.2. The zero-order valence-electron chi connectivity index (χ0n) is 16.7. The average molecular weight is 575 g/mol. The number of nitrogens with zero attached hydrogens (tertiary/aromatic N) is 4. The van der Waals surface area contributed by atoms with Crippen LogP contribution in [0.3, 0.4) is 0 Å². The number of aromatic hydroxyl groups is 1. The molecule has 32 heavy (non-hydrogen) atoms. The molecule has 4 rings (SSSR count). The Balaban J connectivity index is 2.01. The van der Waals surface area contributed by atoms with Gasteiger partial charge in [0.15, 0.2) is 4.77 Å². The highest BCUT2D eigenvalue weighted by Gasteiger charge is 2.19. The monoisotopic (exact) mass is 574 g/mol. The Bertz CT molecular complexity index is 1450. The van der Waals surface area contributed by atoms with Crippen LogP contribution in [-0.4, -0.2) is 14.2 Å². The number of azo groups is 1. The fourth-order valence-electron chi connectivity index (χ4n) is 3.05. The van der Waals surface area contributed by atoms with Crippen molar-refractivity contribution in [1.82, 2.24) is 9.13 Å². The Hall–Kier alpha value is -2.82. The molecule has 3 aromatic carbocycles. The summed E-state index contributed by atoms with van der Waals surface area (Å²) in [6.45, 7) is 1.96. The van der Waals surface area contributed by atoms with E-state index < -0.39 is 11.4 Å². The van der Waals surface area contributed by atoms with E-state index in [1.54, 1.807) is 36.4 Å². The third kappa shape index (κ3) is 4.38. The molecule has 0 aliphatic rings. The van der Waals surface area contributed by atoms with Crippen molar-refractivity contribution in [2.24, 2.45) is 10.2 Å². The molecule has 0 fully saturated rings. The van der Waals surface area contributed by atoms with Gasteiger partial charge in [-0.3, -0.25) is 13.9 Å². The van der Waals surface area contributed by atoms with Crippen molar-refractivity contribution < 1.29 is 5.11 Å². The fourth-order valence-corrected chi connectivity index (χ4v) is 3.97. The van der Waals surface area contributed by atoms with Gasteiger partial charge in [0.05, 0.1) is 16.4 Å². The zero-order chi connectivity index (χ0) is 22.8. The number of hydrogen-bond acceptors (Lipinski definition) is 5. The first kappa shape index (κ1) is 22.4. The summed E-state index contributed by atoms with van der Waals surface area (Å²) in [7, 11) is 0. The first-order chi connectivity index (χ1) is 15.4. The van der Waals surface area contributed by atoms with Gasteiger partial charge in [-0.15, -0.1) is 10.2 Å². The number of benzene rings is 3. The van der Waals surface area contributed by atoms with Crippen LogP contribution in [0.1, 0.15) is 5.56 Å². The highest BCUT2D eigenvalue weighted by atomic mass is 127. The van der Waals surface area contributed by atoms with Crippen LogP contribution in [0.2, 0.25) is 5.02 Å². The third-order valence-corrected chi connectivity index (χ3v) is 6.10. The molecule has 0 spiro atoms. The minimum atomic E-state index is -0.590. The molecule has 6 nitrogen and oxygen atoms in total. The summed E-state index contributed by atoms with van der Waals surface area (Å²) in [6, 6.07) is 21.5. The number of aryl methyl sites for hydroxylation is 1. The summed E-state index contributed by atoms with van der Waals surface area (Å²) in [5.41, 5.74) is 1.72. The van der Waals surface area contributed by atoms with Crippen molar-refractivity contribution in [2.45, 2.75) is 6.92 Å². The summed E-state index contributed by atoms with van der Waals surface area (Å²) in [4.78, 5) is 13.4. The first-order valence-corrected chi connectivity index (χ1v) is 11.3. The predicted molar refractivity (Wildman–Crippen MR) is 137 cm³/mol. The summed E-state index contributed by atoms with van der Waals surface area (Å²) in [5.74, 6) is -0.401. The fraction of sp³-hybridized carbons (Fsp3) is 0.0435. The van der Waals surface area contributed by atoms with E-state index in [2.05, 4.69) is 32.8 Å². The molecule has 0 aliphatic carbocycles. The van der Waals surface area contributed by atoms with Crippen molar-refractivity contribution in [3.63, 3.8) is 0 Å². The van der Waals surface area contributed by atoms with Crippen LogP contribution < -0.4 is 5.56 Å². The standard InChI is InChI=1S/C23H16ClIN4O2S/c1-14-6-10-16(11-7-14)28-21(30)20(27-26-19-5-3-2-4-18(19)24)22(31)29(23(28)32)17-12-8-15(25)9-13-17/h2-13,30H,1H3. The number of aromatic nitrogens is 2. The molecule has 4 aromatic rings. The maximum atomic E-state index is 13.4. The van der Waals surface area contributed by atoms with Crippen LogP contribution in [0.25, 0.3) is 11.4 Å². The van der Waals surface area contributed by atoms with Gasteiger partial charge in [0.1, 0.15) is 5.69 Å². The van der Waals surface area contributed by atoms with Crippen LogP contribution in [0.5, 0.6) is 5.88 Å². The summed E-state index contributed by atoms with van der Waals surface area (Å²) in [5, 5.41) is 19.6. The molecule has 0 atom stereocenters. The summed E-state index contributed by atoms with van der Waals surface area (Å²) < 4.78 is 3.84. The van der Waals surface area contributed by atoms with Gasteiger partial charge < -0.3 is 5.11 Å². The number of halogens is 2. The van der Waals surface area contributed by atoms with E-state index in [9.17, 15) is 9.90 Å². The van der Waals surface area contributed by atoms with Crippen molar-refractivity contribution in [1.29, 1.82) is 0 Å². The van der Waals surface area contributed by atoms with Gasteiger partial charge in [-0.1, -0.05) is 41.4 Å². The molecule has 1 N–H and O–H groups in total. The van der Waals surface area contributed by atoms with Gasteiger partial charge in [-0.05, 0) is 90.3 Å². The molecule has 0 saturated heterocycles. The Morgan fingerprint density at radius 1 is 0.906 bits per heavy atom. The van der Waals surface area contributed by atoms with Crippen LogP contribution in [-0.2, 0) is 0 Å². The van der Waals surface area contributed by atoms with Crippen LogP contribution in [0.15, 0.2) is 87.8 Å². The molecule has 160 valence electrons. The Morgan fingerprint density at radius 2 is 1.50 bits per heavy atom. The van der Waals surface area contributed by atoms with E-state index >= 15 is 0 Å². The molecule has 1 heterocycles. The van der Waals surface area contributed by atoms with E-state index in [1.165, 1.54) is 9.13 Å². The van der Waals surface area contributed by atoms with Crippen molar-refractivity contribution >= 4 is 57.8 Å². The second-order valence-electron chi connectivity index (χ2n) is 6.89. The topological polar surface area (TPSA) is 71.9 Å². The number of rotatable bonds is 4. The smallest absolute Gasteiger partial charge is 0.290 e. The van der Waals surface area contributed by atoms with Crippen molar-refractivity contribution in [2.75, 3.05) is 0 Å². The molecule has 0 radical (unpaired) electrons. The Morgan fingerprint density at radius 3 is 2.16 bits per heavy atom. The Kier molecular flexibility index (Phi) is 6.54. The largest absolute Gasteiger partial charge is 0.492 e. The van der Waals surface area contributed by atoms with Gasteiger partial charge in [0.25, 0.3) is 5.56 Å². The van der Waals surface area contributed by atoms with Crippen LogP contribution >= 0.6 is 46.4 Å². The predicted octanol–water partition coefficient (Wildman–Crippen LogP) is 7.05. The molecule has 0 unspecified atom stereocenters. The van der Waals surface area contributed by atoms with E-state index in [4.69, 9.17) is 23.8 Å². The van der Waals surface area contributed by atoms with Gasteiger partial charge in [0.2, 0.25) is 11.6 Å². The summed E-state index contributed by atoms with van der Waals surface area (Å²) >= 11 is 14.0. The van der Waals surface area contributed by atoms with E-state index in [-0.39, 0.29) is 10.5 Å². The highest BCUT2D eigenvalue weighted by Crippen LogP contribution is 2.31. The molecule has 1 aromatic heterocycles. The van der Waals surface area contributed by atoms with E-state index in [1.807, 2.05) is 43.3 Å². The molecule has 0 bridgehead atoms. The van der Waals surface area contributed by atoms with Crippen molar-refractivity contribution in [3.8, 4) is 17.3 Å². The lowest BCUT2D eigenvalue weighted by molar-refractivity contribution is 0.432. The minimum absolute atomic E-state index is 0.106. The van der Waals surface area contributed by atoms with Crippen molar-refractivity contribution in [3.05, 3.63) is 102 Å². The Labute approximate surface area is 207 Å². The molecule has 0 amide bonds. The lowest BCUT2D eigenvalue weighted by Gasteiger charge is -2.16. The lowest BCUT2D eigenvalue weighted by atomic mass is 10.2. The maximum Gasteiger partial charge on any atom is 0.290 e. The summed E-state index contributed by atoms with van der Waals surface area (Å²) in [6.07, 6.45) is 0. The quantitative estimate of drug-likeness (QED) is 0.161.